The van der Waals surface area contributed by atoms with Crippen LogP contribution >= 0.6 is 0 Å². The lowest BCUT2D eigenvalue weighted by Crippen LogP contribution is -2.30. The number of nitrogens with zero attached hydrogens (tertiary/aromatic N) is 2. The summed E-state index contributed by atoms with van der Waals surface area (Å²) in [5, 5.41) is 11.5. The number of nitrogens with one attached hydrogen (secondary N) is 2. The Balaban J connectivity index is 1.44. The minimum atomic E-state index is -0.218. The summed E-state index contributed by atoms with van der Waals surface area (Å²) in [6.45, 7) is 2.32. The molecule has 1 heterocycles. The fraction of sp³-hybridized carbons (Fsp3) is 0.407. The zero-order valence-electron chi connectivity index (χ0n) is 19.3. The normalized spacial score (nSPS) is 16.9. The Labute approximate surface area is 193 Å². The highest BCUT2D eigenvalue weighted by Crippen LogP contribution is 2.42. The second-order valence-corrected chi connectivity index (χ2v) is 9.75. The van der Waals surface area contributed by atoms with Crippen LogP contribution in [0.3, 0.4) is 0 Å². The molecule has 0 aliphatic heterocycles. The van der Waals surface area contributed by atoms with Crippen LogP contribution in [-0.2, 0) is 13.6 Å². The van der Waals surface area contributed by atoms with Crippen molar-refractivity contribution in [1.29, 1.82) is 5.41 Å². The van der Waals surface area contributed by atoms with Gasteiger partial charge in [-0.3, -0.25) is 10.2 Å². The van der Waals surface area contributed by atoms with Gasteiger partial charge in [-0.2, -0.15) is 0 Å². The van der Waals surface area contributed by atoms with E-state index in [0.717, 1.165) is 36.8 Å². The van der Waals surface area contributed by atoms with E-state index in [9.17, 15) is 9.18 Å². The van der Waals surface area contributed by atoms with Gasteiger partial charge in [-0.15, -0.1) is 0 Å². The number of rotatable bonds is 7. The highest BCUT2D eigenvalue weighted by molar-refractivity contribution is 5.95. The van der Waals surface area contributed by atoms with E-state index in [4.69, 9.17) is 5.41 Å². The average Bonchev–Trinajstić information content (AvgIpc) is 3.55. The van der Waals surface area contributed by atoms with Gasteiger partial charge in [0.25, 0.3) is 5.91 Å². The van der Waals surface area contributed by atoms with E-state index < -0.39 is 0 Å². The number of benzene rings is 2. The molecule has 2 fully saturated rings. The smallest absolute Gasteiger partial charge is 0.251 e. The molecule has 2 saturated carbocycles. The van der Waals surface area contributed by atoms with Crippen molar-refractivity contribution in [3.63, 3.8) is 0 Å². The molecule has 5 nitrogen and oxygen atoms in total. The third-order valence-corrected chi connectivity index (χ3v) is 7.20. The van der Waals surface area contributed by atoms with Crippen molar-refractivity contribution in [1.82, 2.24) is 14.5 Å². The van der Waals surface area contributed by atoms with Crippen LogP contribution in [0.5, 0.6) is 0 Å². The molecule has 0 bridgehead atoms. The Bertz CT molecular complexity index is 1250. The topological polar surface area (TPSA) is 62.8 Å². The third-order valence-electron chi connectivity index (χ3n) is 7.20. The van der Waals surface area contributed by atoms with Gasteiger partial charge in [0, 0.05) is 25.0 Å². The van der Waals surface area contributed by atoms with Crippen LogP contribution in [0.4, 0.5) is 4.39 Å². The van der Waals surface area contributed by atoms with E-state index in [0.29, 0.717) is 35.1 Å². The number of carbonyl (C=O) groups excluding carboxylic acids is 1. The van der Waals surface area contributed by atoms with Crippen LogP contribution in [0.1, 0.15) is 76.7 Å². The van der Waals surface area contributed by atoms with Crippen LogP contribution < -0.4 is 10.9 Å². The second kappa shape index (κ2) is 8.65. The van der Waals surface area contributed by atoms with Crippen LogP contribution in [-0.4, -0.2) is 15.0 Å². The number of carbonyl (C=O) groups is 1. The van der Waals surface area contributed by atoms with Crippen molar-refractivity contribution in [2.75, 3.05) is 0 Å². The number of hydrogen-bond donors (Lipinski definition) is 2. The lowest BCUT2D eigenvalue weighted by molar-refractivity contribution is 0.0931. The van der Waals surface area contributed by atoms with Gasteiger partial charge in [-0.25, -0.2) is 4.39 Å². The fourth-order valence-electron chi connectivity index (χ4n) is 4.76. The Morgan fingerprint density at radius 2 is 1.94 bits per heavy atom. The molecule has 0 spiro atoms. The molecule has 1 amide bonds. The zero-order chi connectivity index (χ0) is 23.1. The predicted molar refractivity (Wildman–Crippen MR) is 125 cm³/mol. The SMILES string of the molecule is Cc1cc([C@@H](NC(=O)c2cc(Cn3ccn(C)c3=N)cc(C3CCC3)c2)C2CC2)ccc1F. The lowest BCUT2D eigenvalue weighted by Gasteiger charge is -2.27. The highest BCUT2D eigenvalue weighted by atomic mass is 19.1. The highest BCUT2D eigenvalue weighted by Gasteiger charge is 2.34. The van der Waals surface area contributed by atoms with Crippen LogP contribution in [0, 0.1) is 24.1 Å². The number of halogens is 1. The minimum Gasteiger partial charge on any atom is -0.345 e. The molecular weight excluding hydrogens is 415 g/mol. The summed E-state index contributed by atoms with van der Waals surface area (Å²) in [6, 6.07) is 11.2. The molecule has 0 saturated heterocycles. The summed E-state index contributed by atoms with van der Waals surface area (Å²) < 4.78 is 17.5. The first-order chi connectivity index (χ1) is 15.9. The largest absolute Gasteiger partial charge is 0.345 e. The molecule has 0 radical (unpaired) electrons. The van der Waals surface area contributed by atoms with E-state index in [1.54, 1.807) is 17.6 Å². The van der Waals surface area contributed by atoms with Gasteiger partial charge in [0.05, 0.1) is 12.6 Å². The van der Waals surface area contributed by atoms with Gasteiger partial charge < -0.3 is 14.5 Å². The van der Waals surface area contributed by atoms with Gasteiger partial charge in [0.2, 0.25) is 5.62 Å². The van der Waals surface area contributed by atoms with Gasteiger partial charge >= 0.3 is 0 Å². The molecule has 2 aliphatic rings. The maximum atomic E-state index is 13.8. The van der Waals surface area contributed by atoms with Crippen molar-refractivity contribution in [3.8, 4) is 0 Å². The molecule has 3 aromatic rings. The van der Waals surface area contributed by atoms with Gasteiger partial charge in [0.15, 0.2) is 0 Å². The first-order valence-electron chi connectivity index (χ1n) is 11.9. The monoisotopic (exact) mass is 446 g/mol. The van der Waals surface area contributed by atoms with Gasteiger partial charge in [-0.1, -0.05) is 24.6 Å². The minimum absolute atomic E-state index is 0.0829. The Morgan fingerprint density at radius 3 is 2.55 bits per heavy atom. The predicted octanol–water partition coefficient (Wildman–Crippen LogP) is 4.95. The molecule has 5 rings (SSSR count). The molecule has 2 N–H and O–H groups in total. The molecule has 0 unspecified atom stereocenters. The van der Waals surface area contributed by atoms with Crippen molar-refractivity contribution < 1.29 is 9.18 Å². The molecule has 2 aromatic carbocycles. The first kappa shape index (κ1) is 21.7. The average molecular weight is 447 g/mol. The van der Waals surface area contributed by atoms with Crippen molar-refractivity contribution >= 4 is 5.91 Å². The van der Waals surface area contributed by atoms with Crippen LogP contribution in [0.2, 0.25) is 0 Å². The number of amides is 1. The molecule has 172 valence electrons. The number of aromatic nitrogens is 2. The summed E-state index contributed by atoms with van der Waals surface area (Å²) in [4.78, 5) is 13.4. The lowest BCUT2D eigenvalue weighted by atomic mass is 9.79. The number of hydrogen-bond acceptors (Lipinski definition) is 2. The summed E-state index contributed by atoms with van der Waals surface area (Å²) >= 11 is 0. The maximum absolute atomic E-state index is 13.8. The second-order valence-electron chi connectivity index (χ2n) is 9.75. The number of aryl methyl sites for hydroxylation is 2. The molecule has 2 aliphatic carbocycles. The van der Waals surface area contributed by atoms with E-state index >= 15 is 0 Å². The fourth-order valence-corrected chi connectivity index (χ4v) is 4.76. The number of imidazole rings is 1. The molecule has 33 heavy (non-hydrogen) atoms. The Kier molecular flexibility index (Phi) is 5.69. The molecule has 1 atom stereocenters. The summed E-state index contributed by atoms with van der Waals surface area (Å²) in [5.74, 6) is 0.607. The van der Waals surface area contributed by atoms with Crippen molar-refractivity contribution in [3.05, 3.63) is 88.0 Å². The quantitative estimate of drug-likeness (QED) is 0.530. The van der Waals surface area contributed by atoms with Crippen LogP contribution in [0.15, 0.2) is 48.8 Å². The van der Waals surface area contributed by atoms with Crippen molar-refractivity contribution in [2.24, 2.45) is 13.0 Å². The standard InChI is InChI=1S/C27H31FN4O/c1-17-12-21(8-9-24(17)28)25(20-6-7-20)30-26(33)23-14-18(13-22(15-23)19-4-3-5-19)16-32-11-10-31(2)27(32)29/h8-15,19-20,25,29H,3-7,16H2,1-2H3,(H,30,33)/t25-/m0/s1. The first-order valence-corrected chi connectivity index (χ1v) is 11.9. The molecular formula is C27H31FN4O. The van der Waals surface area contributed by atoms with E-state index in [2.05, 4.69) is 11.4 Å². The maximum Gasteiger partial charge on any atom is 0.251 e. The van der Waals surface area contributed by atoms with E-state index in [-0.39, 0.29) is 17.8 Å². The summed E-state index contributed by atoms with van der Waals surface area (Å²) in [7, 11) is 1.86. The molecule has 6 heteroatoms. The zero-order valence-corrected chi connectivity index (χ0v) is 19.3. The van der Waals surface area contributed by atoms with Gasteiger partial charge in [-0.05, 0) is 84.9 Å². The van der Waals surface area contributed by atoms with Crippen molar-refractivity contribution in [2.45, 2.75) is 57.5 Å². The Hall–Kier alpha value is -3.15. The third kappa shape index (κ3) is 4.52. The summed E-state index contributed by atoms with van der Waals surface area (Å²) in [6.07, 6.45) is 9.47. The summed E-state index contributed by atoms with van der Waals surface area (Å²) in [5.41, 5.74) is 4.92. The van der Waals surface area contributed by atoms with E-state index in [1.165, 1.54) is 18.1 Å². The van der Waals surface area contributed by atoms with Gasteiger partial charge in [0.1, 0.15) is 5.82 Å². The van der Waals surface area contributed by atoms with Crippen LogP contribution in [0.25, 0.3) is 0 Å². The molecule has 1 aromatic heterocycles. The Morgan fingerprint density at radius 1 is 1.15 bits per heavy atom. The van der Waals surface area contributed by atoms with E-state index in [1.807, 2.05) is 42.2 Å².